The predicted octanol–water partition coefficient (Wildman–Crippen LogP) is 10.9. The Morgan fingerprint density at radius 1 is 0.810 bits per heavy atom. The zero-order valence-corrected chi connectivity index (χ0v) is 34.7. The molecule has 0 bridgehead atoms. The zero-order chi connectivity index (χ0) is 42.3. The molecule has 12 nitrogen and oxygen atoms in total. The van der Waals surface area contributed by atoms with Crippen molar-refractivity contribution in [1.82, 2.24) is 4.90 Å². The molecule has 1 aliphatic rings. The summed E-state index contributed by atoms with van der Waals surface area (Å²) in [6.45, 7) is 27.0. The van der Waals surface area contributed by atoms with Gasteiger partial charge in [-0.25, -0.2) is 15.0 Å². The van der Waals surface area contributed by atoms with Crippen LogP contribution in [0.25, 0.3) is 15.8 Å². The maximum atomic E-state index is 13.3. The van der Waals surface area contributed by atoms with Gasteiger partial charge in [0.15, 0.2) is 0 Å². The second-order valence-electron chi connectivity index (χ2n) is 14.1. The number of carbonyl (C=O) groups excluding carboxylic acids is 3. The van der Waals surface area contributed by atoms with E-state index in [9.17, 15) is 19.6 Å². The van der Waals surface area contributed by atoms with Gasteiger partial charge in [-0.1, -0.05) is 91.0 Å². The summed E-state index contributed by atoms with van der Waals surface area (Å²) in [4.78, 5) is 49.1. The number of amides is 1. The smallest absolute Gasteiger partial charge is 0.308 e. The first kappa shape index (κ1) is 46.3. The first-order chi connectivity index (χ1) is 28.2. The van der Waals surface area contributed by atoms with E-state index >= 15 is 0 Å². The minimum absolute atomic E-state index is 0.00201. The van der Waals surface area contributed by atoms with Crippen LogP contribution in [0.15, 0.2) is 87.5 Å². The first-order valence-corrected chi connectivity index (χ1v) is 20.5. The van der Waals surface area contributed by atoms with Gasteiger partial charge in [0.05, 0.1) is 61.2 Å². The number of unbranched alkanes of at least 4 members (excludes halogenated alkanes) is 3. The quantitative estimate of drug-likeness (QED) is 0.0447. The Kier molecular flexibility index (Phi) is 20.2. The summed E-state index contributed by atoms with van der Waals surface area (Å²) in [6.07, 6.45) is 11.9. The molecule has 58 heavy (non-hydrogen) atoms. The monoisotopic (exact) mass is 787 g/mol. The van der Waals surface area contributed by atoms with Gasteiger partial charge in [-0.2, -0.15) is 10.2 Å². The Labute approximate surface area is 344 Å². The number of hydrogen-bond donors (Lipinski definition) is 0. The van der Waals surface area contributed by atoms with Crippen LogP contribution in [-0.4, -0.2) is 55.6 Å². The first-order valence-electron chi connectivity index (χ1n) is 20.5. The van der Waals surface area contributed by atoms with Crippen LogP contribution in [0.4, 0.5) is 17.1 Å². The highest BCUT2D eigenvalue weighted by Crippen LogP contribution is 2.35. The molecular weight excluding hydrogens is 731 g/mol. The molecular formula is C46H57N7O5. The van der Waals surface area contributed by atoms with Gasteiger partial charge in [-0.05, 0) is 74.1 Å². The summed E-state index contributed by atoms with van der Waals surface area (Å²) >= 11 is 0. The average molecular weight is 788 g/mol. The number of rotatable bonds is 24. The molecule has 2 aromatic rings. The number of hydrogen-bond acceptors (Lipinski definition) is 9. The summed E-state index contributed by atoms with van der Waals surface area (Å²) in [6, 6.07) is 16.5. The Bertz CT molecular complexity index is 1880. The Morgan fingerprint density at radius 3 is 1.78 bits per heavy atom. The number of nitriles is 1. The van der Waals surface area contributed by atoms with E-state index < -0.39 is 5.91 Å². The van der Waals surface area contributed by atoms with E-state index in [1.54, 1.807) is 24.3 Å². The third kappa shape index (κ3) is 13.6. The Balaban J connectivity index is 1.72. The van der Waals surface area contributed by atoms with Crippen LogP contribution in [0.3, 0.4) is 0 Å². The van der Waals surface area contributed by atoms with Crippen molar-refractivity contribution in [3.63, 3.8) is 0 Å². The highest BCUT2D eigenvalue weighted by molar-refractivity contribution is 6.04. The SMILES string of the molecule is [C-]#[N+]C1=C(/C=C/c2ccc(N=Nc3ccc(N(CCOC(=O)C(CC)CCCC)CCOC(=O)C(CC)CCCC)cc3)cc2)C(=O)N(CCCC)/C1=C(\C#N)[N+]#[C-]. The summed E-state index contributed by atoms with van der Waals surface area (Å²) < 4.78 is 11.4. The van der Waals surface area contributed by atoms with E-state index in [4.69, 9.17) is 22.6 Å². The predicted molar refractivity (Wildman–Crippen MR) is 226 cm³/mol. The molecule has 0 radical (unpaired) electrons. The van der Waals surface area contributed by atoms with Gasteiger partial charge in [0.25, 0.3) is 5.70 Å². The lowest BCUT2D eigenvalue weighted by molar-refractivity contribution is -0.149. The number of benzene rings is 2. The molecule has 0 aromatic heterocycles. The number of anilines is 1. The molecule has 0 N–H and O–H groups in total. The second kappa shape index (κ2) is 25.2. The van der Waals surface area contributed by atoms with E-state index in [-0.39, 0.29) is 59.7 Å². The van der Waals surface area contributed by atoms with Crippen LogP contribution in [0.5, 0.6) is 0 Å². The maximum Gasteiger partial charge on any atom is 0.308 e. The summed E-state index contributed by atoms with van der Waals surface area (Å²) in [5, 5.41) is 18.3. The van der Waals surface area contributed by atoms with Gasteiger partial charge >= 0.3 is 11.9 Å². The van der Waals surface area contributed by atoms with Crippen molar-refractivity contribution in [3.05, 3.63) is 106 Å². The standard InChI is InChI=1S/C46H57N7O5/c1-8-13-16-35(11-4)45(55)57-31-29-52(30-32-58-46(56)36(12-5)17-14-9-2)39-25-23-38(24-26-39)51-50-37-21-18-34(19-22-37)20-27-40-42(49-7)43(41(33-47)48-6)53(44(40)54)28-15-10-3/h18-27,35-36H,8-17,28-32H2,1-5H3/b27-20+,43-41+,51-50?. The van der Waals surface area contributed by atoms with Gasteiger partial charge < -0.3 is 19.3 Å². The van der Waals surface area contributed by atoms with E-state index in [2.05, 4.69) is 33.8 Å². The van der Waals surface area contributed by atoms with Gasteiger partial charge in [0.2, 0.25) is 11.6 Å². The lowest BCUT2D eigenvalue weighted by Crippen LogP contribution is -2.33. The molecule has 2 atom stereocenters. The normalized spacial score (nSPS) is 14.6. The van der Waals surface area contributed by atoms with Gasteiger partial charge in [-0.15, -0.1) is 0 Å². The van der Waals surface area contributed by atoms with Crippen molar-refractivity contribution in [3.8, 4) is 6.07 Å². The van der Waals surface area contributed by atoms with Gasteiger partial charge in [0, 0.05) is 17.8 Å². The number of esters is 2. The molecule has 2 aromatic carbocycles. The summed E-state index contributed by atoms with van der Waals surface area (Å²) in [5.41, 5.74) is 2.80. The van der Waals surface area contributed by atoms with E-state index in [0.717, 1.165) is 69.0 Å². The fourth-order valence-electron chi connectivity index (χ4n) is 6.44. The molecule has 2 unspecified atom stereocenters. The summed E-state index contributed by atoms with van der Waals surface area (Å²) in [5.74, 6) is -0.966. The van der Waals surface area contributed by atoms with E-state index in [1.165, 1.54) is 4.90 Å². The number of nitrogens with zero attached hydrogens (tertiary/aromatic N) is 7. The lowest BCUT2D eigenvalue weighted by atomic mass is 10.00. The average Bonchev–Trinajstić information content (AvgIpc) is 3.51. The summed E-state index contributed by atoms with van der Waals surface area (Å²) in [7, 11) is 0. The maximum absolute atomic E-state index is 13.3. The van der Waals surface area contributed by atoms with E-state index in [0.29, 0.717) is 37.4 Å². The molecule has 0 aliphatic carbocycles. The van der Waals surface area contributed by atoms with Crippen molar-refractivity contribution < 1.29 is 23.9 Å². The molecule has 12 heteroatoms. The van der Waals surface area contributed by atoms with Crippen LogP contribution in [0, 0.1) is 36.3 Å². The zero-order valence-electron chi connectivity index (χ0n) is 34.7. The minimum atomic E-state index is -0.403. The third-order valence-corrected chi connectivity index (χ3v) is 10.0. The number of ether oxygens (including phenoxy) is 2. The fraction of sp³-hybridized carbons (Fsp3) is 0.478. The highest BCUT2D eigenvalue weighted by Gasteiger charge is 2.36. The van der Waals surface area contributed by atoms with Crippen LogP contribution < -0.4 is 4.90 Å². The molecule has 306 valence electrons. The molecule has 0 fully saturated rings. The topological polar surface area (TPSA) is 133 Å². The van der Waals surface area contributed by atoms with Crippen molar-refractivity contribution in [2.45, 2.75) is 98.8 Å². The molecule has 1 aliphatic heterocycles. The number of carbonyl (C=O) groups is 3. The molecule has 1 heterocycles. The van der Waals surface area contributed by atoms with Crippen LogP contribution in [-0.2, 0) is 23.9 Å². The van der Waals surface area contributed by atoms with Gasteiger partial charge in [-0.3, -0.25) is 14.4 Å². The van der Waals surface area contributed by atoms with Crippen molar-refractivity contribution >= 4 is 41.0 Å². The number of allylic oxidation sites excluding steroid dienone is 1. The van der Waals surface area contributed by atoms with Crippen LogP contribution in [0.2, 0.25) is 0 Å². The Hall–Kier alpha value is -6.06. The second-order valence-corrected chi connectivity index (χ2v) is 14.1. The largest absolute Gasteiger partial charge is 0.464 e. The fourth-order valence-corrected chi connectivity index (χ4v) is 6.44. The lowest BCUT2D eigenvalue weighted by Gasteiger charge is -2.25. The molecule has 3 rings (SSSR count). The van der Waals surface area contributed by atoms with Crippen molar-refractivity contribution in [1.29, 1.82) is 5.26 Å². The van der Waals surface area contributed by atoms with E-state index in [1.807, 2.05) is 68.1 Å². The highest BCUT2D eigenvalue weighted by atomic mass is 16.5. The minimum Gasteiger partial charge on any atom is -0.464 e. The number of azo groups is 1. The van der Waals surface area contributed by atoms with Crippen LogP contribution >= 0.6 is 0 Å². The molecule has 0 saturated carbocycles. The Morgan fingerprint density at radius 2 is 1.33 bits per heavy atom. The van der Waals surface area contributed by atoms with Crippen LogP contribution in [0.1, 0.15) is 104 Å². The third-order valence-electron chi connectivity index (χ3n) is 10.0. The van der Waals surface area contributed by atoms with Crippen molar-refractivity contribution in [2.24, 2.45) is 22.1 Å². The molecule has 0 saturated heterocycles. The molecule has 0 spiro atoms. The van der Waals surface area contributed by atoms with Gasteiger partial charge in [0.1, 0.15) is 13.2 Å². The molecule has 1 amide bonds. The van der Waals surface area contributed by atoms with Crippen molar-refractivity contribution in [2.75, 3.05) is 37.7 Å².